The molecule has 1 aromatic heterocycles. The van der Waals surface area contributed by atoms with Gasteiger partial charge in [0.1, 0.15) is 0 Å². The topological polar surface area (TPSA) is 77.1 Å². The minimum Gasteiger partial charge on any atom is -0.349 e. The lowest BCUT2D eigenvalue weighted by Gasteiger charge is -2.25. The van der Waals surface area contributed by atoms with E-state index in [0.717, 1.165) is 25.1 Å². The molecular weight excluding hydrogens is 250 g/mol. The molecule has 1 aromatic rings. The largest absolute Gasteiger partial charge is 0.349 e. The van der Waals surface area contributed by atoms with Crippen molar-refractivity contribution in [3.63, 3.8) is 0 Å². The van der Waals surface area contributed by atoms with Crippen molar-refractivity contribution < 1.29 is 8.42 Å². The number of rotatable bonds is 6. The van der Waals surface area contributed by atoms with E-state index < -0.39 is 10.0 Å². The van der Waals surface area contributed by atoms with Crippen LogP contribution in [-0.2, 0) is 23.1 Å². The van der Waals surface area contributed by atoms with Crippen molar-refractivity contribution in [2.75, 3.05) is 6.54 Å². The molecule has 0 atom stereocenters. The molecule has 0 bridgehead atoms. The van der Waals surface area contributed by atoms with E-state index in [1.165, 1.54) is 6.42 Å². The van der Waals surface area contributed by atoms with Crippen molar-refractivity contribution in [3.05, 3.63) is 18.0 Å². The number of nitrogens with two attached hydrogens (primary N) is 1. The third-order valence-electron chi connectivity index (χ3n) is 3.61. The third kappa shape index (κ3) is 2.76. The summed E-state index contributed by atoms with van der Waals surface area (Å²) in [4.78, 5) is 0.323. The Labute approximate surface area is 108 Å². The second kappa shape index (κ2) is 5.42. The van der Waals surface area contributed by atoms with Crippen molar-refractivity contribution in [2.45, 2.75) is 44.2 Å². The van der Waals surface area contributed by atoms with E-state index in [9.17, 15) is 8.42 Å². The fraction of sp³-hybridized carbons (Fsp3) is 0.667. The standard InChI is InChI=1S/C12H21N3O2S/c1-2-15-9-12(6-11(15)7-13)18(16,17)14-8-10-4-3-5-10/h6,9-10,14H,2-5,7-8,13H2,1H3. The van der Waals surface area contributed by atoms with Gasteiger partial charge in [-0.15, -0.1) is 0 Å². The number of nitrogens with one attached hydrogen (secondary N) is 1. The van der Waals surface area contributed by atoms with Crippen LogP contribution < -0.4 is 10.5 Å². The molecule has 0 aromatic carbocycles. The smallest absolute Gasteiger partial charge is 0.242 e. The van der Waals surface area contributed by atoms with E-state index in [1.54, 1.807) is 12.3 Å². The van der Waals surface area contributed by atoms with Crippen LogP contribution in [0.15, 0.2) is 17.2 Å². The minimum absolute atomic E-state index is 0.323. The number of hydrogen-bond acceptors (Lipinski definition) is 3. The van der Waals surface area contributed by atoms with E-state index in [2.05, 4.69) is 4.72 Å². The molecule has 0 unspecified atom stereocenters. The Bertz CT molecular complexity index is 482. The highest BCUT2D eigenvalue weighted by Crippen LogP contribution is 2.25. The molecule has 5 nitrogen and oxygen atoms in total. The lowest BCUT2D eigenvalue weighted by molar-refractivity contribution is 0.316. The van der Waals surface area contributed by atoms with Crippen molar-refractivity contribution >= 4 is 10.0 Å². The maximum atomic E-state index is 12.1. The summed E-state index contributed by atoms with van der Waals surface area (Å²) < 4.78 is 28.8. The van der Waals surface area contributed by atoms with Gasteiger partial charge < -0.3 is 10.3 Å². The zero-order chi connectivity index (χ0) is 13.2. The zero-order valence-electron chi connectivity index (χ0n) is 10.7. The second-order valence-corrected chi connectivity index (χ2v) is 6.57. The highest BCUT2D eigenvalue weighted by atomic mass is 32.2. The first-order valence-electron chi connectivity index (χ1n) is 6.45. The Morgan fingerprint density at radius 2 is 2.22 bits per heavy atom. The molecule has 1 fully saturated rings. The van der Waals surface area contributed by atoms with Gasteiger partial charge >= 0.3 is 0 Å². The summed E-state index contributed by atoms with van der Waals surface area (Å²) in [6, 6.07) is 1.66. The molecule has 1 aliphatic carbocycles. The SMILES string of the molecule is CCn1cc(S(=O)(=O)NCC2CCC2)cc1CN. The quantitative estimate of drug-likeness (QED) is 0.811. The number of sulfonamides is 1. The van der Waals surface area contributed by atoms with Gasteiger partial charge in [-0.05, 0) is 31.7 Å². The third-order valence-corrected chi connectivity index (χ3v) is 5.00. The molecule has 1 heterocycles. The molecular formula is C12H21N3O2S. The molecule has 1 saturated carbocycles. The molecule has 0 spiro atoms. The van der Waals surface area contributed by atoms with Gasteiger partial charge in [0.25, 0.3) is 0 Å². The summed E-state index contributed by atoms with van der Waals surface area (Å²) in [5.41, 5.74) is 6.45. The van der Waals surface area contributed by atoms with E-state index in [4.69, 9.17) is 5.73 Å². The molecule has 0 aliphatic heterocycles. The van der Waals surface area contributed by atoms with Crippen molar-refractivity contribution in [1.29, 1.82) is 0 Å². The molecule has 0 saturated heterocycles. The highest BCUT2D eigenvalue weighted by molar-refractivity contribution is 7.89. The first-order chi connectivity index (χ1) is 8.56. The summed E-state index contributed by atoms with van der Waals surface area (Å²) in [6.45, 7) is 3.60. The average molecular weight is 271 g/mol. The van der Waals surface area contributed by atoms with Crippen LogP contribution in [0.25, 0.3) is 0 Å². The fourth-order valence-corrected chi connectivity index (χ4v) is 3.33. The van der Waals surface area contributed by atoms with E-state index in [0.29, 0.717) is 23.9 Å². The Hall–Kier alpha value is -0.850. The van der Waals surface area contributed by atoms with Crippen LogP contribution in [0.2, 0.25) is 0 Å². The molecule has 2 rings (SSSR count). The van der Waals surface area contributed by atoms with Gasteiger partial charge in [-0.25, -0.2) is 13.1 Å². The number of aromatic nitrogens is 1. The van der Waals surface area contributed by atoms with Crippen LogP contribution in [0.4, 0.5) is 0 Å². The maximum absolute atomic E-state index is 12.1. The average Bonchev–Trinajstić information content (AvgIpc) is 2.70. The minimum atomic E-state index is -3.38. The van der Waals surface area contributed by atoms with E-state index in [1.807, 2.05) is 11.5 Å². The molecule has 0 amide bonds. The Morgan fingerprint density at radius 1 is 1.50 bits per heavy atom. The summed E-state index contributed by atoms with van der Waals surface area (Å²) >= 11 is 0. The lowest BCUT2D eigenvalue weighted by Crippen LogP contribution is -2.32. The van der Waals surface area contributed by atoms with Crippen LogP contribution >= 0.6 is 0 Å². The Kier molecular flexibility index (Phi) is 4.09. The highest BCUT2D eigenvalue weighted by Gasteiger charge is 2.22. The van der Waals surface area contributed by atoms with Gasteiger partial charge in [0.15, 0.2) is 0 Å². The molecule has 102 valence electrons. The van der Waals surface area contributed by atoms with Crippen molar-refractivity contribution in [3.8, 4) is 0 Å². The van der Waals surface area contributed by atoms with E-state index >= 15 is 0 Å². The zero-order valence-corrected chi connectivity index (χ0v) is 11.5. The summed E-state index contributed by atoms with van der Waals surface area (Å²) in [6.07, 6.45) is 5.14. The Balaban J connectivity index is 2.10. The van der Waals surface area contributed by atoms with Crippen LogP contribution in [0.3, 0.4) is 0 Å². The van der Waals surface area contributed by atoms with Gasteiger partial charge in [0.05, 0.1) is 4.90 Å². The van der Waals surface area contributed by atoms with Crippen LogP contribution in [0, 0.1) is 5.92 Å². The monoisotopic (exact) mass is 271 g/mol. The Morgan fingerprint density at radius 3 is 2.67 bits per heavy atom. The normalized spacial score (nSPS) is 16.8. The van der Waals surface area contributed by atoms with Crippen molar-refractivity contribution in [2.24, 2.45) is 11.7 Å². The number of nitrogens with zero attached hydrogens (tertiary/aromatic N) is 1. The second-order valence-electron chi connectivity index (χ2n) is 4.81. The first kappa shape index (κ1) is 13.6. The predicted octanol–water partition coefficient (Wildman–Crippen LogP) is 1.05. The maximum Gasteiger partial charge on any atom is 0.242 e. The van der Waals surface area contributed by atoms with Gasteiger partial charge in [-0.1, -0.05) is 6.42 Å². The van der Waals surface area contributed by atoms with Gasteiger partial charge in [-0.2, -0.15) is 0 Å². The van der Waals surface area contributed by atoms with Gasteiger partial charge in [-0.3, -0.25) is 0 Å². The van der Waals surface area contributed by atoms with Crippen LogP contribution in [0.5, 0.6) is 0 Å². The summed E-state index contributed by atoms with van der Waals surface area (Å²) in [7, 11) is -3.38. The molecule has 18 heavy (non-hydrogen) atoms. The van der Waals surface area contributed by atoms with Crippen molar-refractivity contribution in [1.82, 2.24) is 9.29 Å². The molecule has 0 radical (unpaired) electrons. The van der Waals surface area contributed by atoms with Gasteiger partial charge in [0, 0.05) is 31.5 Å². The summed E-state index contributed by atoms with van der Waals surface area (Å²) in [5.74, 6) is 0.516. The number of hydrogen-bond donors (Lipinski definition) is 2. The van der Waals surface area contributed by atoms with Gasteiger partial charge in [0.2, 0.25) is 10.0 Å². The summed E-state index contributed by atoms with van der Waals surface area (Å²) in [5, 5.41) is 0. The molecule has 1 aliphatic rings. The number of aryl methyl sites for hydroxylation is 1. The fourth-order valence-electron chi connectivity index (χ4n) is 2.15. The van der Waals surface area contributed by atoms with Crippen LogP contribution in [-0.4, -0.2) is 19.5 Å². The first-order valence-corrected chi connectivity index (χ1v) is 7.94. The predicted molar refractivity (Wildman–Crippen MR) is 70.5 cm³/mol. The lowest BCUT2D eigenvalue weighted by atomic mass is 9.86. The van der Waals surface area contributed by atoms with E-state index in [-0.39, 0.29) is 0 Å². The molecule has 3 N–H and O–H groups in total. The molecule has 6 heteroatoms. The van der Waals surface area contributed by atoms with Crippen LogP contribution in [0.1, 0.15) is 31.9 Å².